The zero-order chi connectivity index (χ0) is 17.9. The number of hydrogen-bond acceptors (Lipinski definition) is 5. The zero-order valence-corrected chi connectivity index (χ0v) is 15.1. The standard InChI is InChI=1S/C21H22N2O3/c1-14-22-21(26-23-14)17-7-5-6-15(12-17)16-10-11-19(24-2)20(13-16)25-18-8-3-4-9-18/h5-7,10-13,18H,3-4,8-9H2,1-2H3. The van der Waals surface area contributed by atoms with E-state index in [-0.39, 0.29) is 6.10 Å². The van der Waals surface area contributed by atoms with Gasteiger partial charge >= 0.3 is 0 Å². The molecule has 0 atom stereocenters. The Morgan fingerprint density at radius 2 is 1.73 bits per heavy atom. The molecule has 1 aliphatic rings. The molecule has 1 heterocycles. The van der Waals surface area contributed by atoms with E-state index in [0.29, 0.717) is 11.7 Å². The van der Waals surface area contributed by atoms with E-state index in [9.17, 15) is 0 Å². The Bertz CT molecular complexity index is 898. The molecule has 0 radical (unpaired) electrons. The van der Waals surface area contributed by atoms with Gasteiger partial charge in [0.05, 0.1) is 13.2 Å². The molecule has 0 aliphatic heterocycles. The third-order valence-corrected chi connectivity index (χ3v) is 4.73. The first-order chi connectivity index (χ1) is 12.7. The smallest absolute Gasteiger partial charge is 0.257 e. The van der Waals surface area contributed by atoms with Crippen molar-refractivity contribution in [1.82, 2.24) is 10.1 Å². The molecular weight excluding hydrogens is 328 g/mol. The molecule has 26 heavy (non-hydrogen) atoms. The van der Waals surface area contributed by atoms with E-state index in [2.05, 4.69) is 22.3 Å². The van der Waals surface area contributed by atoms with E-state index in [0.717, 1.165) is 41.0 Å². The van der Waals surface area contributed by atoms with Gasteiger partial charge in [0.15, 0.2) is 17.3 Å². The molecule has 0 spiro atoms. The molecule has 0 amide bonds. The lowest BCUT2D eigenvalue weighted by Gasteiger charge is -2.17. The summed E-state index contributed by atoms with van der Waals surface area (Å²) in [4.78, 5) is 4.31. The second kappa shape index (κ2) is 7.20. The molecule has 0 bridgehead atoms. The predicted molar refractivity (Wildman–Crippen MR) is 99.3 cm³/mol. The van der Waals surface area contributed by atoms with Crippen molar-refractivity contribution in [3.8, 4) is 34.1 Å². The third kappa shape index (κ3) is 3.43. The Balaban J connectivity index is 1.66. The van der Waals surface area contributed by atoms with Crippen molar-refractivity contribution in [3.05, 3.63) is 48.3 Å². The molecule has 4 rings (SSSR count). The molecule has 1 saturated carbocycles. The average Bonchev–Trinajstić information content (AvgIpc) is 3.33. The number of ether oxygens (including phenoxy) is 2. The molecule has 0 saturated heterocycles. The maximum Gasteiger partial charge on any atom is 0.257 e. The molecule has 0 unspecified atom stereocenters. The minimum Gasteiger partial charge on any atom is -0.493 e. The van der Waals surface area contributed by atoms with Crippen LogP contribution < -0.4 is 9.47 Å². The second-order valence-corrected chi connectivity index (χ2v) is 6.62. The normalized spacial score (nSPS) is 14.5. The number of nitrogens with zero attached hydrogens (tertiary/aromatic N) is 2. The lowest BCUT2D eigenvalue weighted by atomic mass is 10.0. The summed E-state index contributed by atoms with van der Waals surface area (Å²) >= 11 is 0. The SMILES string of the molecule is COc1ccc(-c2cccc(-c3nc(C)no3)c2)cc1OC1CCCC1. The minimum atomic E-state index is 0.284. The van der Waals surface area contributed by atoms with Gasteiger partial charge in [0.1, 0.15) is 0 Å². The summed E-state index contributed by atoms with van der Waals surface area (Å²) in [5.41, 5.74) is 3.03. The van der Waals surface area contributed by atoms with Gasteiger partial charge in [-0.1, -0.05) is 23.4 Å². The van der Waals surface area contributed by atoms with Crippen molar-refractivity contribution in [1.29, 1.82) is 0 Å². The van der Waals surface area contributed by atoms with E-state index < -0.39 is 0 Å². The molecule has 1 aliphatic carbocycles. The lowest BCUT2D eigenvalue weighted by Crippen LogP contribution is -2.11. The van der Waals surface area contributed by atoms with Crippen LogP contribution in [-0.2, 0) is 0 Å². The molecular formula is C21H22N2O3. The first-order valence-electron chi connectivity index (χ1n) is 8.99. The molecule has 3 aromatic rings. The van der Waals surface area contributed by atoms with Gasteiger partial charge in [0, 0.05) is 5.56 Å². The van der Waals surface area contributed by atoms with Gasteiger partial charge in [-0.3, -0.25) is 0 Å². The number of aryl methyl sites for hydroxylation is 1. The zero-order valence-electron chi connectivity index (χ0n) is 15.1. The van der Waals surface area contributed by atoms with E-state index in [1.54, 1.807) is 7.11 Å². The maximum atomic E-state index is 6.21. The quantitative estimate of drug-likeness (QED) is 0.645. The maximum absolute atomic E-state index is 6.21. The van der Waals surface area contributed by atoms with Crippen molar-refractivity contribution in [2.24, 2.45) is 0 Å². The summed E-state index contributed by atoms with van der Waals surface area (Å²) < 4.78 is 17.0. The number of aromatic nitrogens is 2. The fourth-order valence-electron chi connectivity index (χ4n) is 3.38. The predicted octanol–water partition coefficient (Wildman–Crippen LogP) is 5.04. The van der Waals surface area contributed by atoms with E-state index in [4.69, 9.17) is 14.0 Å². The summed E-state index contributed by atoms with van der Waals surface area (Å²) in [6.45, 7) is 1.81. The topological polar surface area (TPSA) is 57.4 Å². The van der Waals surface area contributed by atoms with Crippen LogP contribution in [0.1, 0.15) is 31.5 Å². The Kier molecular flexibility index (Phi) is 4.61. The summed E-state index contributed by atoms with van der Waals surface area (Å²) in [5.74, 6) is 2.72. The Morgan fingerprint density at radius 3 is 2.46 bits per heavy atom. The van der Waals surface area contributed by atoms with Crippen molar-refractivity contribution < 1.29 is 14.0 Å². The van der Waals surface area contributed by atoms with Crippen LogP contribution in [0.5, 0.6) is 11.5 Å². The number of benzene rings is 2. The lowest BCUT2D eigenvalue weighted by molar-refractivity contribution is 0.201. The van der Waals surface area contributed by atoms with Gasteiger partial charge < -0.3 is 14.0 Å². The summed E-state index contributed by atoms with van der Waals surface area (Å²) in [7, 11) is 1.68. The molecule has 1 aromatic heterocycles. The molecule has 0 N–H and O–H groups in total. The van der Waals surface area contributed by atoms with Crippen LogP contribution in [0.4, 0.5) is 0 Å². The molecule has 5 nitrogen and oxygen atoms in total. The number of hydrogen-bond donors (Lipinski definition) is 0. The third-order valence-electron chi connectivity index (χ3n) is 4.73. The first kappa shape index (κ1) is 16.6. The highest BCUT2D eigenvalue weighted by Gasteiger charge is 2.19. The van der Waals surface area contributed by atoms with E-state index in [1.807, 2.05) is 37.3 Å². The fourth-order valence-corrected chi connectivity index (χ4v) is 3.38. The first-order valence-corrected chi connectivity index (χ1v) is 8.99. The number of rotatable bonds is 5. The van der Waals surface area contributed by atoms with Crippen molar-refractivity contribution in [2.75, 3.05) is 7.11 Å². The fraction of sp³-hybridized carbons (Fsp3) is 0.333. The highest BCUT2D eigenvalue weighted by molar-refractivity contribution is 5.71. The van der Waals surface area contributed by atoms with E-state index >= 15 is 0 Å². The van der Waals surface area contributed by atoms with Crippen LogP contribution >= 0.6 is 0 Å². The number of methoxy groups -OCH3 is 1. The van der Waals surface area contributed by atoms with Gasteiger partial charge in [-0.25, -0.2) is 0 Å². The summed E-state index contributed by atoms with van der Waals surface area (Å²) in [6.07, 6.45) is 4.97. The van der Waals surface area contributed by atoms with Crippen LogP contribution in [0.15, 0.2) is 47.0 Å². The Labute approximate surface area is 153 Å². The molecule has 134 valence electrons. The highest BCUT2D eigenvalue weighted by Crippen LogP contribution is 2.36. The summed E-state index contributed by atoms with van der Waals surface area (Å²) in [5, 5.41) is 3.87. The second-order valence-electron chi connectivity index (χ2n) is 6.62. The minimum absolute atomic E-state index is 0.284. The van der Waals surface area contributed by atoms with Gasteiger partial charge in [0.2, 0.25) is 0 Å². The van der Waals surface area contributed by atoms with Crippen molar-refractivity contribution >= 4 is 0 Å². The van der Waals surface area contributed by atoms with Crippen LogP contribution in [-0.4, -0.2) is 23.4 Å². The van der Waals surface area contributed by atoms with Crippen LogP contribution in [0, 0.1) is 6.92 Å². The molecule has 2 aromatic carbocycles. The molecule has 1 fully saturated rings. The van der Waals surface area contributed by atoms with Crippen LogP contribution in [0.25, 0.3) is 22.6 Å². The van der Waals surface area contributed by atoms with Crippen LogP contribution in [0.3, 0.4) is 0 Å². The van der Waals surface area contributed by atoms with Gasteiger partial charge in [-0.15, -0.1) is 0 Å². The molecule has 5 heteroatoms. The Morgan fingerprint density at radius 1 is 0.962 bits per heavy atom. The monoisotopic (exact) mass is 350 g/mol. The average molecular weight is 350 g/mol. The van der Waals surface area contributed by atoms with Gasteiger partial charge in [-0.05, 0) is 68.0 Å². The van der Waals surface area contributed by atoms with Gasteiger partial charge in [0.25, 0.3) is 5.89 Å². The summed E-state index contributed by atoms with van der Waals surface area (Å²) in [6, 6.07) is 14.1. The largest absolute Gasteiger partial charge is 0.493 e. The van der Waals surface area contributed by atoms with Crippen molar-refractivity contribution in [2.45, 2.75) is 38.7 Å². The van der Waals surface area contributed by atoms with Crippen LogP contribution in [0.2, 0.25) is 0 Å². The highest BCUT2D eigenvalue weighted by atomic mass is 16.5. The van der Waals surface area contributed by atoms with Gasteiger partial charge in [-0.2, -0.15) is 4.98 Å². The van der Waals surface area contributed by atoms with Crippen molar-refractivity contribution in [3.63, 3.8) is 0 Å². The Hall–Kier alpha value is -2.82. The van der Waals surface area contributed by atoms with E-state index in [1.165, 1.54) is 12.8 Å².